The van der Waals surface area contributed by atoms with Crippen molar-refractivity contribution in [2.45, 2.75) is 38.1 Å². The van der Waals surface area contributed by atoms with Crippen LogP contribution in [0.1, 0.15) is 37.5 Å². The zero-order chi connectivity index (χ0) is 14.2. The van der Waals surface area contributed by atoms with Crippen LogP contribution in [0.5, 0.6) is 5.75 Å². The minimum absolute atomic E-state index is 0.676. The molecule has 112 valence electrons. The number of nitrogens with one attached hydrogen (secondary N) is 1. The number of hydrogen-bond acceptors (Lipinski definition) is 3. The molecule has 4 heteroatoms. The Bertz CT molecular complexity index is 639. The molecule has 1 aromatic carbocycles. The summed E-state index contributed by atoms with van der Waals surface area (Å²) in [6.07, 6.45) is 6.31. The van der Waals surface area contributed by atoms with Gasteiger partial charge in [-0.15, -0.1) is 0 Å². The van der Waals surface area contributed by atoms with E-state index in [1.54, 1.807) is 7.11 Å². The van der Waals surface area contributed by atoms with Gasteiger partial charge in [0.25, 0.3) is 0 Å². The van der Waals surface area contributed by atoms with E-state index >= 15 is 0 Å². The number of fused-ring (bicyclic) bond motifs is 1. The molecule has 0 spiro atoms. The van der Waals surface area contributed by atoms with Crippen LogP contribution in [0, 0.1) is 5.92 Å². The molecule has 21 heavy (non-hydrogen) atoms. The van der Waals surface area contributed by atoms with Gasteiger partial charge in [-0.1, -0.05) is 0 Å². The molecule has 1 N–H and O–H groups in total. The smallest absolute Gasteiger partial charge is 0.121 e. The van der Waals surface area contributed by atoms with Gasteiger partial charge in [-0.2, -0.15) is 0 Å². The van der Waals surface area contributed by atoms with Gasteiger partial charge in [0.15, 0.2) is 0 Å². The predicted molar refractivity (Wildman–Crippen MR) is 83.9 cm³/mol. The summed E-state index contributed by atoms with van der Waals surface area (Å²) in [5.41, 5.74) is 2.36. The minimum Gasteiger partial charge on any atom is -0.497 e. The summed E-state index contributed by atoms with van der Waals surface area (Å²) in [6, 6.07) is 6.96. The Morgan fingerprint density at radius 1 is 1.33 bits per heavy atom. The van der Waals surface area contributed by atoms with Gasteiger partial charge in [-0.25, -0.2) is 4.98 Å². The first-order chi connectivity index (χ1) is 10.3. The number of ether oxygens (including phenoxy) is 1. The number of aromatic nitrogens is 2. The summed E-state index contributed by atoms with van der Waals surface area (Å²) in [4.78, 5) is 4.93. The highest BCUT2D eigenvalue weighted by atomic mass is 16.5. The first-order valence-corrected chi connectivity index (χ1v) is 8.10. The van der Waals surface area contributed by atoms with Gasteiger partial charge in [0.2, 0.25) is 0 Å². The van der Waals surface area contributed by atoms with Gasteiger partial charge < -0.3 is 14.6 Å². The summed E-state index contributed by atoms with van der Waals surface area (Å²) < 4.78 is 7.83. The highest BCUT2D eigenvalue weighted by Crippen LogP contribution is 2.39. The quantitative estimate of drug-likeness (QED) is 0.939. The van der Waals surface area contributed by atoms with E-state index < -0.39 is 0 Å². The monoisotopic (exact) mass is 285 g/mol. The summed E-state index contributed by atoms with van der Waals surface area (Å²) >= 11 is 0. The van der Waals surface area contributed by atoms with Crippen LogP contribution >= 0.6 is 0 Å². The average molecular weight is 285 g/mol. The lowest BCUT2D eigenvalue weighted by Gasteiger charge is -2.22. The fraction of sp³-hybridized carbons (Fsp3) is 0.588. The lowest BCUT2D eigenvalue weighted by Crippen LogP contribution is -2.31. The molecule has 1 aliphatic heterocycles. The Morgan fingerprint density at radius 2 is 2.24 bits per heavy atom. The maximum absolute atomic E-state index is 5.34. The van der Waals surface area contributed by atoms with Crippen molar-refractivity contribution in [3.8, 4) is 5.75 Å². The fourth-order valence-electron chi connectivity index (χ4n) is 3.50. The second kappa shape index (κ2) is 5.34. The number of rotatable bonds is 4. The zero-order valence-corrected chi connectivity index (χ0v) is 12.6. The van der Waals surface area contributed by atoms with E-state index in [-0.39, 0.29) is 0 Å². The number of benzene rings is 1. The van der Waals surface area contributed by atoms with Crippen LogP contribution in [0.15, 0.2) is 18.2 Å². The molecule has 1 aliphatic carbocycles. The van der Waals surface area contributed by atoms with Gasteiger partial charge in [0.05, 0.1) is 18.1 Å². The van der Waals surface area contributed by atoms with E-state index in [0.717, 1.165) is 30.1 Å². The second-order valence-corrected chi connectivity index (χ2v) is 6.40. The van der Waals surface area contributed by atoms with Crippen LogP contribution in [0.4, 0.5) is 0 Å². The minimum atomic E-state index is 0.676. The van der Waals surface area contributed by atoms with Crippen molar-refractivity contribution in [2.75, 3.05) is 20.2 Å². The van der Waals surface area contributed by atoms with Gasteiger partial charge >= 0.3 is 0 Å². The summed E-state index contributed by atoms with van der Waals surface area (Å²) in [5.74, 6) is 2.90. The molecular weight excluding hydrogens is 262 g/mol. The largest absolute Gasteiger partial charge is 0.497 e. The predicted octanol–water partition coefficient (Wildman–Crippen LogP) is 2.92. The standard InChI is InChI=1S/C17H23N3O/c1-21-14-6-7-16-15(10-14)19-17(20(16)13-4-5-13)9-12-3-2-8-18-11-12/h6-7,10,12-13,18H,2-5,8-9,11H2,1H3. The normalized spacial score (nSPS) is 22.6. The number of imidazole rings is 1. The van der Waals surface area contributed by atoms with Crippen LogP contribution < -0.4 is 10.1 Å². The molecule has 4 rings (SSSR count). The number of methoxy groups -OCH3 is 1. The van der Waals surface area contributed by atoms with E-state index in [0.29, 0.717) is 6.04 Å². The molecule has 2 heterocycles. The molecule has 2 fully saturated rings. The fourth-order valence-corrected chi connectivity index (χ4v) is 3.50. The maximum Gasteiger partial charge on any atom is 0.121 e. The Hall–Kier alpha value is -1.55. The Kier molecular flexibility index (Phi) is 3.34. The zero-order valence-electron chi connectivity index (χ0n) is 12.6. The molecular formula is C17H23N3O. The van der Waals surface area contributed by atoms with Gasteiger partial charge in [0.1, 0.15) is 11.6 Å². The van der Waals surface area contributed by atoms with Gasteiger partial charge in [-0.3, -0.25) is 0 Å². The van der Waals surface area contributed by atoms with Crippen molar-refractivity contribution in [1.82, 2.24) is 14.9 Å². The Balaban J connectivity index is 1.70. The van der Waals surface area contributed by atoms with Crippen molar-refractivity contribution in [2.24, 2.45) is 5.92 Å². The third kappa shape index (κ3) is 2.53. The van der Waals surface area contributed by atoms with Crippen molar-refractivity contribution in [3.05, 3.63) is 24.0 Å². The maximum atomic E-state index is 5.34. The van der Waals surface area contributed by atoms with Crippen molar-refractivity contribution < 1.29 is 4.74 Å². The molecule has 4 nitrogen and oxygen atoms in total. The topological polar surface area (TPSA) is 39.1 Å². The molecule has 1 saturated carbocycles. The SMILES string of the molecule is COc1ccc2c(c1)nc(CC1CCCNC1)n2C1CC1. The van der Waals surface area contributed by atoms with Crippen LogP contribution in [-0.2, 0) is 6.42 Å². The Morgan fingerprint density at radius 3 is 2.95 bits per heavy atom. The molecule has 0 amide bonds. The lowest BCUT2D eigenvalue weighted by atomic mass is 9.96. The van der Waals surface area contributed by atoms with Crippen molar-refractivity contribution in [1.29, 1.82) is 0 Å². The average Bonchev–Trinajstić information content (AvgIpc) is 3.29. The third-order valence-corrected chi connectivity index (χ3v) is 4.75. The second-order valence-electron chi connectivity index (χ2n) is 6.40. The third-order valence-electron chi connectivity index (χ3n) is 4.75. The van der Waals surface area contributed by atoms with Gasteiger partial charge in [0, 0.05) is 18.5 Å². The molecule has 0 bridgehead atoms. The lowest BCUT2D eigenvalue weighted by molar-refractivity contribution is 0.367. The summed E-state index contributed by atoms with van der Waals surface area (Å²) in [7, 11) is 1.72. The Labute approximate surface area is 125 Å². The summed E-state index contributed by atoms with van der Waals surface area (Å²) in [6.45, 7) is 2.31. The highest BCUT2D eigenvalue weighted by Gasteiger charge is 2.29. The number of piperidine rings is 1. The van der Waals surface area contributed by atoms with E-state index in [4.69, 9.17) is 9.72 Å². The van der Waals surface area contributed by atoms with Crippen LogP contribution in [0.2, 0.25) is 0 Å². The first kappa shape index (κ1) is 13.1. The van der Waals surface area contributed by atoms with Gasteiger partial charge in [-0.05, 0) is 56.8 Å². The molecule has 1 aromatic heterocycles. The van der Waals surface area contributed by atoms with E-state index in [2.05, 4.69) is 28.1 Å². The first-order valence-electron chi connectivity index (χ1n) is 8.10. The van der Waals surface area contributed by atoms with E-state index in [1.165, 1.54) is 43.6 Å². The molecule has 0 radical (unpaired) electrons. The van der Waals surface area contributed by atoms with E-state index in [1.807, 2.05) is 0 Å². The van der Waals surface area contributed by atoms with E-state index in [9.17, 15) is 0 Å². The molecule has 2 aliphatic rings. The van der Waals surface area contributed by atoms with Crippen LogP contribution in [0.3, 0.4) is 0 Å². The molecule has 2 aromatic rings. The molecule has 1 unspecified atom stereocenters. The van der Waals surface area contributed by atoms with Crippen LogP contribution in [-0.4, -0.2) is 29.8 Å². The summed E-state index contributed by atoms with van der Waals surface area (Å²) in [5, 5.41) is 3.51. The van der Waals surface area contributed by atoms with Crippen molar-refractivity contribution >= 4 is 11.0 Å². The molecule has 1 saturated heterocycles. The number of nitrogens with zero attached hydrogens (tertiary/aromatic N) is 2. The molecule has 1 atom stereocenters. The highest BCUT2D eigenvalue weighted by molar-refractivity contribution is 5.78. The number of hydrogen-bond donors (Lipinski definition) is 1. The van der Waals surface area contributed by atoms with Crippen LogP contribution in [0.25, 0.3) is 11.0 Å². The van der Waals surface area contributed by atoms with Crippen molar-refractivity contribution in [3.63, 3.8) is 0 Å².